The Morgan fingerprint density at radius 1 is 1.19 bits per heavy atom. The zero-order valence-electron chi connectivity index (χ0n) is 9.48. The van der Waals surface area contributed by atoms with Gasteiger partial charge in [-0.2, -0.15) is 0 Å². The first-order valence-corrected chi connectivity index (χ1v) is 5.47. The van der Waals surface area contributed by atoms with Gasteiger partial charge in [-0.15, -0.1) is 0 Å². The maximum atomic E-state index is 9.62. The van der Waals surface area contributed by atoms with E-state index in [0.29, 0.717) is 0 Å². The number of hydrogen-bond acceptors (Lipinski definition) is 6. The lowest BCUT2D eigenvalue weighted by molar-refractivity contribution is -0.310. The fourth-order valence-corrected chi connectivity index (χ4v) is 1.50. The van der Waals surface area contributed by atoms with Gasteiger partial charge in [-0.1, -0.05) is 6.92 Å². The molecule has 6 atom stereocenters. The number of hydrogen-bond donors (Lipinski definition) is 4. The molecule has 1 saturated heterocycles. The van der Waals surface area contributed by atoms with Gasteiger partial charge < -0.3 is 29.9 Å². The van der Waals surface area contributed by atoms with Crippen LogP contribution in [0.25, 0.3) is 0 Å². The second kappa shape index (κ2) is 5.90. The van der Waals surface area contributed by atoms with Crippen LogP contribution in [0.15, 0.2) is 0 Å². The van der Waals surface area contributed by atoms with Crippen LogP contribution in [0.5, 0.6) is 0 Å². The monoisotopic (exact) mass is 236 g/mol. The summed E-state index contributed by atoms with van der Waals surface area (Å²) >= 11 is 0. The van der Waals surface area contributed by atoms with Crippen LogP contribution in [0.2, 0.25) is 0 Å². The zero-order chi connectivity index (χ0) is 12.3. The van der Waals surface area contributed by atoms with E-state index >= 15 is 0 Å². The van der Waals surface area contributed by atoms with Crippen LogP contribution in [0.1, 0.15) is 20.3 Å². The van der Waals surface area contributed by atoms with E-state index in [2.05, 4.69) is 0 Å². The predicted octanol–water partition coefficient (Wildman–Crippen LogP) is -1.40. The molecule has 6 nitrogen and oxygen atoms in total. The minimum Gasteiger partial charge on any atom is -0.394 e. The highest BCUT2D eigenvalue weighted by Crippen LogP contribution is 2.23. The molecule has 1 fully saturated rings. The molecule has 4 N–H and O–H groups in total. The smallest absolute Gasteiger partial charge is 0.186 e. The maximum absolute atomic E-state index is 9.62. The van der Waals surface area contributed by atoms with Crippen molar-refractivity contribution in [3.8, 4) is 0 Å². The Morgan fingerprint density at radius 3 is 2.31 bits per heavy atom. The van der Waals surface area contributed by atoms with Crippen molar-refractivity contribution in [3.63, 3.8) is 0 Å². The van der Waals surface area contributed by atoms with Crippen molar-refractivity contribution in [1.82, 2.24) is 0 Å². The number of aliphatic hydroxyl groups excluding tert-OH is 4. The molecule has 0 saturated carbocycles. The van der Waals surface area contributed by atoms with Crippen molar-refractivity contribution >= 4 is 0 Å². The van der Waals surface area contributed by atoms with Crippen LogP contribution in [-0.4, -0.2) is 63.8 Å². The summed E-state index contributed by atoms with van der Waals surface area (Å²) in [4.78, 5) is 0. The van der Waals surface area contributed by atoms with Crippen molar-refractivity contribution in [3.05, 3.63) is 0 Å². The van der Waals surface area contributed by atoms with Gasteiger partial charge in [-0.05, 0) is 13.3 Å². The van der Waals surface area contributed by atoms with Crippen molar-refractivity contribution in [2.75, 3.05) is 6.61 Å². The summed E-state index contributed by atoms with van der Waals surface area (Å²) in [7, 11) is 0. The lowest BCUT2D eigenvalue weighted by atomic mass is 9.99. The average Bonchev–Trinajstić information content (AvgIpc) is 2.29. The molecule has 0 bridgehead atoms. The molecule has 0 aromatic carbocycles. The van der Waals surface area contributed by atoms with Gasteiger partial charge in [0.25, 0.3) is 0 Å². The number of rotatable bonds is 4. The molecular formula is C10H20O6. The SMILES string of the molecule is CC[C@H](C)O[C@@H]1O[C@H](CO)[C@@H](O)[C@H](O)[C@H]1O. The summed E-state index contributed by atoms with van der Waals surface area (Å²) in [5.74, 6) is 0. The molecule has 0 aromatic heterocycles. The topological polar surface area (TPSA) is 99.4 Å². The van der Waals surface area contributed by atoms with Crippen molar-refractivity contribution in [2.45, 2.75) is 57.1 Å². The summed E-state index contributed by atoms with van der Waals surface area (Å²) in [6.45, 7) is 3.28. The van der Waals surface area contributed by atoms with Crippen molar-refractivity contribution < 1.29 is 29.9 Å². The van der Waals surface area contributed by atoms with Crippen LogP contribution in [-0.2, 0) is 9.47 Å². The van der Waals surface area contributed by atoms with Crippen molar-refractivity contribution in [2.24, 2.45) is 0 Å². The average molecular weight is 236 g/mol. The maximum Gasteiger partial charge on any atom is 0.186 e. The fraction of sp³-hybridized carbons (Fsp3) is 1.00. The lowest BCUT2D eigenvalue weighted by Crippen LogP contribution is -2.59. The van der Waals surface area contributed by atoms with Gasteiger partial charge >= 0.3 is 0 Å². The molecule has 96 valence electrons. The molecule has 0 unspecified atom stereocenters. The Balaban J connectivity index is 2.63. The largest absolute Gasteiger partial charge is 0.394 e. The second-order valence-corrected chi connectivity index (χ2v) is 4.05. The third-order valence-corrected chi connectivity index (χ3v) is 2.79. The summed E-state index contributed by atoms with van der Waals surface area (Å²) < 4.78 is 10.5. The van der Waals surface area contributed by atoms with Crippen molar-refractivity contribution in [1.29, 1.82) is 0 Å². The molecule has 6 heteroatoms. The van der Waals surface area contributed by atoms with Crippen LogP contribution >= 0.6 is 0 Å². The van der Waals surface area contributed by atoms with E-state index in [4.69, 9.17) is 14.6 Å². The van der Waals surface area contributed by atoms with Gasteiger partial charge in [0.15, 0.2) is 6.29 Å². The van der Waals surface area contributed by atoms with E-state index in [1.54, 1.807) is 6.92 Å². The van der Waals surface area contributed by atoms with Gasteiger partial charge in [-0.25, -0.2) is 0 Å². The summed E-state index contributed by atoms with van der Waals surface area (Å²) in [6.07, 6.45) is -5.36. The highest BCUT2D eigenvalue weighted by atomic mass is 16.7. The Morgan fingerprint density at radius 2 is 1.81 bits per heavy atom. The van der Waals surface area contributed by atoms with E-state index in [1.165, 1.54) is 0 Å². The number of ether oxygens (including phenoxy) is 2. The van der Waals surface area contributed by atoms with E-state index in [0.717, 1.165) is 6.42 Å². The van der Waals surface area contributed by atoms with E-state index in [9.17, 15) is 15.3 Å². The first-order valence-electron chi connectivity index (χ1n) is 5.47. The Hall–Kier alpha value is -0.240. The molecule has 16 heavy (non-hydrogen) atoms. The summed E-state index contributed by atoms with van der Waals surface area (Å²) in [6, 6.07) is 0. The fourth-order valence-electron chi connectivity index (χ4n) is 1.50. The third kappa shape index (κ3) is 2.91. The molecule has 1 heterocycles. The van der Waals surface area contributed by atoms with Gasteiger partial charge in [0.2, 0.25) is 0 Å². The quantitative estimate of drug-likeness (QED) is 0.479. The molecular weight excluding hydrogens is 216 g/mol. The minimum atomic E-state index is -1.38. The first kappa shape index (κ1) is 13.8. The van der Waals surface area contributed by atoms with Crippen LogP contribution in [0, 0.1) is 0 Å². The zero-order valence-corrected chi connectivity index (χ0v) is 9.48. The van der Waals surface area contributed by atoms with Crippen LogP contribution < -0.4 is 0 Å². The Bertz CT molecular complexity index is 209. The third-order valence-electron chi connectivity index (χ3n) is 2.79. The molecule has 0 amide bonds. The number of aliphatic hydroxyl groups is 4. The van der Waals surface area contributed by atoms with Gasteiger partial charge in [0.05, 0.1) is 12.7 Å². The highest BCUT2D eigenvalue weighted by molar-refractivity contribution is 4.89. The second-order valence-electron chi connectivity index (χ2n) is 4.05. The van der Waals surface area contributed by atoms with E-state index in [1.807, 2.05) is 6.92 Å². The molecule has 1 rings (SSSR count). The molecule has 0 aromatic rings. The summed E-state index contributed by atoms with van der Waals surface area (Å²) in [5.41, 5.74) is 0. The predicted molar refractivity (Wildman–Crippen MR) is 54.6 cm³/mol. The molecule has 0 aliphatic carbocycles. The minimum absolute atomic E-state index is 0.138. The molecule has 1 aliphatic rings. The van der Waals surface area contributed by atoms with Gasteiger partial charge in [0.1, 0.15) is 24.4 Å². The highest BCUT2D eigenvalue weighted by Gasteiger charge is 2.44. The molecule has 1 aliphatic heterocycles. The Kier molecular flexibility index (Phi) is 5.10. The normalized spacial score (nSPS) is 42.0. The van der Waals surface area contributed by atoms with Gasteiger partial charge in [-0.3, -0.25) is 0 Å². The van der Waals surface area contributed by atoms with E-state index in [-0.39, 0.29) is 6.10 Å². The standard InChI is InChI=1S/C10H20O6/c1-3-5(2)15-10-9(14)8(13)7(12)6(4-11)16-10/h5-14H,3-4H2,1-2H3/t5-,6+,7+,8-,9+,10+/m0/s1. The molecule has 0 spiro atoms. The molecule has 0 radical (unpaired) electrons. The van der Waals surface area contributed by atoms with E-state index < -0.39 is 37.3 Å². The summed E-state index contributed by atoms with van der Waals surface area (Å²) in [5, 5.41) is 37.6. The van der Waals surface area contributed by atoms with Crippen LogP contribution in [0.3, 0.4) is 0 Å². The first-order chi connectivity index (χ1) is 7.51. The van der Waals surface area contributed by atoms with Gasteiger partial charge in [0, 0.05) is 0 Å². The Labute approximate surface area is 94.4 Å². The van der Waals surface area contributed by atoms with Crippen LogP contribution in [0.4, 0.5) is 0 Å². The lowest BCUT2D eigenvalue weighted by Gasteiger charge is -2.40.